The Morgan fingerprint density at radius 2 is 0.649 bits per heavy atom. The molecule has 0 fully saturated rings. The van der Waals surface area contributed by atoms with Crippen molar-refractivity contribution in [2.45, 2.75) is 19.3 Å². The quantitative estimate of drug-likeness (QED) is 0.140. The number of fused-ring (bicyclic) bond motifs is 10. The van der Waals surface area contributed by atoms with E-state index in [-0.39, 0.29) is 5.41 Å². The summed E-state index contributed by atoms with van der Waals surface area (Å²) in [5.41, 5.74) is 16.3. The molecule has 0 spiro atoms. The van der Waals surface area contributed by atoms with Gasteiger partial charge in [-0.1, -0.05) is 226 Å². The van der Waals surface area contributed by atoms with E-state index >= 15 is 0 Å². The van der Waals surface area contributed by atoms with Gasteiger partial charge in [-0.2, -0.15) is 0 Å². The van der Waals surface area contributed by atoms with Crippen LogP contribution in [0.4, 0.5) is 34.1 Å². The molecule has 1 aliphatic carbocycles. The molecule has 0 amide bonds. The summed E-state index contributed by atoms with van der Waals surface area (Å²) in [6, 6.07) is 104. The molecule has 0 N–H and O–H groups in total. The van der Waals surface area contributed by atoms with Crippen molar-refractivity contribution < 1.29 is 0 Å². The number of hydrogen-bond acceptors (Lipinski definition) is 2. The molecule has 0 atom stereocenters. The van der Waals surface area contributed by atoms with Crippen LogP contribution < -0.4 is 9.80 Å². The van der Waals surface area contributed by atoms with Gasteiger partial charge in [-0.15, -0.1) is 0 Å². The first-order chi connectivity index (χ1) is 37.9. The van der Waals surface area contributed by atoms with Gasteiger partial charge in [0, 0.05) is 39.3 Å². The zero-order valence-corrected chi connectivity index (χ0v) is 43.0. The molecule has 0 unspecified atom stereocenters. The molecule has 2 heteroatoms. The van der Waals surface area contributed by atoms with Crippen LogP contribution in [-0.2, 0) is 5.41 Å². The van der Waals surface area contributed by atoms with Gasteiger partial charge in [0.1, 0.15) is 0 Å². The lowest BCUT2D eigenvalue weighted by Gasteiger charge is -2.37. The molecular formula is C75H52N2. The van der Waals surface area contributed by atoms with Crippen molar-refractivity contribution in [2.24, 2.45) is 0 Å². The minimum Gasteiger partial charge on any atom is -0.310 e. The van der Waals surface area contributed by atoms with Crippen LogP contribution in [-0.4, -0.2) is 0 Å². The number of rotatable bonds is 8. The normalized spacial score (nSPS) is 12.6. The maximum Gasteiger partial charge on any atom is 0.0540 e. The summed E-state index contributed by atoms with van der Waals surface area (Å²) in [6.45, 7) is 4.84. The minimum atomic E-state index is -0.331. The summed E-state index contributed by atoms with van der Waals surface area (Å²) >= 11 is 0. The first-order valence-corrected chi connectivity index (χ1v) is 26.8. The number of para-hydroxylation sites is 2. The molecule has 15 rings (SSSR count). The van der Waals surface area contributed by atoms with Gasteiger partial charge < -0.3 is 9.80 Å². The van der Waals surface area contributed by atoms with Crippen molar-refractivity contribution in [3.05, 3.63) is 290 Å². The lowest BCUT2D eigenvalue weighted by atomic mass is 9.68. The van der Waals surface area contributed by atoms with Crippen LogP contribution in [0.3, 0.4) is 0 Å². The lowest BCUT2D eigenvalue weighted by Crippen LogP contribution is -2.24. The SMILES string of the molecule is CC1(C)c2cc(N(c3ccc4ccc5ccccc5c4c3)c3ccccc3-c3ccccc3)ccc2-c2cc3ccc(N(c4ccc5ccc6ccccc6c5c4)c4ccccc4-c4ccccc4)cc3c3cccc1c23. The summed E-state index contributed by atoms with van der Waals surface area (Å²) in [4.78, 5) is 4.95. The van der Waals surface area contributed by atoms with Gasteiger partial charge in [-0.3, -0.25) is 0 Å². The Bertz CT molecular complexity index is 4670. The monoisotopic (exact) mass is 980 g/mol. The highest BCUT2D eigenvalue weighted by molar-refractivity contribution is 6.18. The molecule has 0 aromatic heterocycles. The smallest absolute Gasteiger partial charge is 0.0540 e. The zero-order valence-electron chi connectivity index (χ0n) is 43.0. The van der Waals surface area contributed by atoms with E-state index in [2.05, 4.69) is 303 Å². The largest absolute Gasteiger partial charge is 0.310 e. The van der Waals surface area contributed by atoms with E-state index in [9.17, 15) is 0 Å². The molecule has 14 aromatic carbocycles. The fraction of sp³-hybridized carbons (Fsp3) is 0.0400. The van der Waals surface area contributed by atoms with E-state index in [1.54, 1.807) is 0 Å². The highest BCUT2D eigenvalue weighted by atomic mass is 15.2. The molecule has 362 valence electrons. The molecule has 0 saturated heterocycles. The Morgan fingerprint density at radius 3 is 1.19 bits per heavy atom. The standard InChI is InChI=1S/C75H52N2/c1-75(2)70-29-17-28-65-68-47-58(76(72-30-15-13-26-62(72)49-18-5-3-6-19-49)56-39-36-53-34-32-51-22-9-11-24-60(51)66(53)45-56)41-38-55(68)44-69(74(65)70)64-43-42-59(48-71(64)75)77(73-31-16-14-27-63(73)50-20-7-4-8-21-50)57-40-37-54-35-33-52-23-10-12-25-61(52)67(54)46-57/h3-48H,1-2H3. The number of nitrogens with zero attached hydrogens (tertiary/aromatic N) is 2. The molecule has 2 nitrogen and oxygen atoms in total. The van der Waals surface area contributed by atoms with Gasteiger partial charge in [-0.25, -0.2) is 0 Å². The van der Waals surface area contributed by atoms with E-state index in [0.29, 0.717) is 0 Å². The summed E-state index contributed by atoms with van der Waals surface area (Å²) in [5, 5.41) is 15.0. The predicted octanol–water partition coefficient (Wildman–Crippen LogP) is 21.2. The highest BCUT2D eigenvalue weighted by Gasteiger charge is 2.35. The Hall–Kier alpha value is -9.76. The van der Waals surface area contributed by atoms with Gasteiger partial charge >= 0.3 is 0 Å². The molecule has 0 radical (unpaired) electrons. The molecule has 0 aliphatic heterocycles. The number of hydrogen-bond donors (Lipinski definition) is 0. The molecule has 1 aliphatic rings. The van der Waals surface area contributed by atoms with Crippen molar-refractivity contribution in [3.63, 3.8) is 0 Å². The van der Waals surface area contributed by atoms with E-state index in [1.165, 1.54) is 109 Å². The Morgan fingerprint density at radius 1 is 0.247 bits per heavy atom. The molecule has 14 aromatic rings. The molecule has 77 heavy (non-hydrogen) atoms. The first-order valence-electron chi connectivity index (χ1n) is 26.8. The van der Waals surface area contributed by atoms with Gasteiger partial charge in [0.2, 0.25) is 0 Å². The van der Waals surface area contributed by atoms with Gasteiger partial charge in [-0.05, 0) is 165 Å². The third-order valence-corrected chi connectivity index (χ3v) is 16.6. The lowest BCUT2D eigenvalue weighted by molar-refractivity contribution is 0.645. The van der Waals surface area contributed by atoms with Gasteiger partial charge in [0.05, 0.1) is 11.4 Å². The highest BCUT2D eigenvalue weighted by Crippen LogP contribution is 2.53. The third kappa shape index (κ3) is 7.25. The van der Waals surface area contributed by atoms with Crippen LogP contribution in [0.15, 0.2) is 279 Å². The van der Waals surface area contributed by atoms with E-state index in [1.807, 2.05) is 0 Å². The van der Waals surface area contributed by atoms with Crippen LogP contribution in [0.1, 0.15) is 25.0 Å². The number of anilines is 6. The summed E-state index contributed by atoms with van der Waals surface area (Å²) in [7, 11) is 0. The van der Waals surface area contributed by atoms with Crippen molar-refractivity contribution in [3.8, 4) is 33.4 Å². The molecule has 0 saturated carbocycles. The van der Waals surface area contributed by atoms with Crippen molar-refractivity contribution in [2.75, 3.05) is 9.80 Å². The van der Waals surface area contributed by atoms with Crippen molar-refractivity contribution in [1.82, 2.24) is 0 Å². The first kappa shape index (κ1) is 44.7. The van der Waals surface area contributed by atoms with Gasteiger partial charge in [0.25, 0.3) is 0 Å². The topological polar surface area (TPSA) is 6.48 Å². The maximum absolute atomic E-state index is 2.48. The second kappa shape index (κ2) is 17.7. The van der Waals surface area contributed by atoms with Crippen molar-refractivity contribution in [1.29, 1.82) is 0 Å². The molecular weight excluding hydrogens is 929 g/mol. The zero-order chi connectivity index (χ0) is 51.2. The predicted molar refractivity (Wildman–Crippen MR) is 329 cm³/mol. The second-order valence-electron chi connectivity index (χ2n) is 21.2. The van der Waals surface area contributed by atoms with Crippen LogP contribution in [0, 0.1) is 0 Å². The summed E-state index contributed by atoms with van der Waals surface area (Å²) in [5.74, 6) is 0. The average molecular weight is 981 g/mol. The van der Waals surface area contributed by atoms with Crippen LogP contribution in [0.2, 0.25) is 0 Å². The maximum atomic E-state index is 2.48. The third-order valence-electron chi connectivity index (χ3n) is 16.6. The molecule has 0 heterocycles. The van der Waals surface area contributed by atoms with Crippen molar-refractivity contribution >= 4 is 98.8 Å². The fourth-order valence-electron chi connectivity index (χ4n) is 12.8. The van der Waals surface area contributed by atoms with Gasteiger partial charge in [0.15, 0.2) is 0 Å². The average Bonchev–Trinajstić information content (AvgIpc) is 3.55. The van der Waals surface area contributed by atoms with Crippen LogP contribution in [0.5, 0.6) is 0 Å². The molecule has 0 bridgehead atoms. The van der Waals surface area contributed by atoms with Crippen LogP contribution in [0.25, 0.3) is 98.0 Å². The Labute approximate surface area is 449 Å². The second-order valence-corrected chi connectivity index (χ2v) is 21.2. The van der Waals surface area contributed by atoms with E-state index in [0.717, 1.165) is 34.1 Å². The van der Waals surface area contributed by atoms with Crippen LogP contribution >= 0.6 is 0 Å². The van der Waals surface area contributed by atoms with E-state index < -0.39 is 0 Å². The Balaban J connectivity index is 0.920. The summed E-state index contributed by atoms with van der Waals surface area (Å²) < 4.78 is 0. The minimum absolute atomic E-state index is 0.331. The summed E-state index contributed by atoms with van der Waals surface area (Å²) in [6.07, 6.45) is 0. The Kier molecular flexibility index (Phi) is 10.3. The fourth-order valence-corrected chi connectivity index (χ4v) is 12.8. The number of benzene rings is 14. The van der Waals surface area contributed by atoms with E-state index in [4.69, 9.17) is 0 Å².